The number of carbonyl (C=O) groups excluding carboxylic acids is 1. The fourth-order valence-corrected chi connectivity index (χ4v) is 2.67. The number of nitrogens with zero attached hydrogens (tertiary/aromatic N) is 2. The predicted octanol–water partition coefficient (Wildman–Crippen LogP) is 4.64. The summed E-state index contributed by atoms with van der Waals surface area (Å²) in [7, 11) is 1.74. The van der Waals surface area contributed by atoms with Gasteiger partial charge in [-0.1, -0.05) is 39.0 Å². The van der Waals surface area contributed by atoms with Crippen LogP contribution < -0.4 is 10.2 Å². The third-order valence-electron chi connectivity index (χ3n) is 2.85. The van der Waals surface area contributed by atoms with Gasteiger partial charge in [0.1, 0.15) is 0 Å². The van der Waals surface area contributed by atoms with Crippen molar-refractivity contribution in [2.45, 2.75) is 30.5 Å². The lowest BCUT2D eigenvalue weighted by molar-refractivity contribution is 0.258. The number of benzene rings is 1. The van der Waals surface area contributed by atoms with Crippen LogP contribution in [0.15, 0.2) is 53.7 Å². The highest BCUT2D eigenvalue weighted by Crippen LogP contribution is 2.30. The Hall–Kier alpha value is -2.01. The molecule has 2 amide bonds. The van der Waals surface area contributed by atoms with Crippen LogP contribution in [0.2, 0.25) is 0 Å². The number of anilines is 2. The molecule has 0 atom stereocenters. The van der Waals surface area contributed by atoms with Crippen molar-refractivity contribution in [1.82, 2.24) is 4.98 Å². The summed E-state index contributed by atoms with van der Waals surface area (Å²) in [5.74, 6) is 0. The van der Waals surface area contributed by atoms with Crippen molar-refractivity contribution in [2.24, 2.45) is 0 Å². The Morgan fingerprint density at radius 3 is 2.36 bits per heavy atom. The van der Waals surface area contributed by atoms with Gasteiger partial charge < -0.3 is 5.32 Å². The van der Waals surface area contributed by atoms with Gasteiger partial charge in [0.2, 0.25) is 0 Å². The van der Waals surface area contributed by atoms with E-state index < -0.39 is 0 Å². The normalized spacial score (nSPS) is 11.1. The number of para-hydroxylation sites is 1. The van der Waals surface area contributed by atoms with Gasteiger partial charge in [-0.2, -0.15) is 0 Å². The highest BCUT2D eigenvalue weighted by molar-refractivity contribution is 8.00. The van der Waals surface area contributed by atoms with Gasteiger partial charge >= 0.3 is 6.03 Å². The van der Waals surface area contributed by atoms with E-state index in [1.165, 1.54) is 0 Å². The fraction of sp³-hybridized carbons (Fsp3) is 0.294. The minimum Gasteiger partial charge on any atom is -0.306 e. The zero-order valence-corrected chi connectivity index (χ0v) is 14.1. The van der Waals surface area contributed by atoms with Crippen molar-refractivity contribution in [3.8, 4) is 0 Å². The molecular formula is C17H21N3OS. The summed E-state index contributed by atoms with van der Waals surface area (Å²) in [4.78, 5) is 18.2. The van der Waals surface area contributed by atoms with Gasteiger partial charge in [-0.25, -0.2) is 9.78 Å². The molecule has 0 aliphatic heterocycles. The number of urea groups is 1. The summed E-state index contributed by atoms with van der Waals surface area (Å²) in [6.45, 7) is 6.43. The van der Waals surface area contributed by atoms with E-state index in [2.05, 4.69) is 31.1 Å². The molecule has 22 heavy (non-hydrogen) atoms. The van der Waals surface area contributed by atoms with Crippen molar-refractivity contribution < 1.29 is 4.79 Å². The molecule has 2 rings (SSSR count). The Morgan fingerprint density at radius 2 is 1.82 bits per heavy atom. The molecule has 0 spiro atoms. The molecule has 1 aromatic heterocycles. The molecule has 0 aliphatic carbocycles. The van der Waals surface area contributed by atoms with Crippen molar-refractivity contribution in [1.29, 1.82) is 0 Å². The second-order valence-corrected chi connectivity index (χ2v) is 7.77. The largest absolute Gasteiger partial charge is 0.326 e. The van der Waals surface area contributed by atoms with E-state index in [0.29, 0.717) is 5.69 Å². The van der Waals surface area contributed by atoms with Crippen molar-refractivity contribution in [3.05, 3.63) is 48.7 Å². The molecule has 0 unspecified atom stereocenters. The number of carbonyl (C=O) groups is 1. The molecule has 2 aromatic rings. The summed E-state index contributed by atoms with van der Waals surface area (Å²) < 4.78 is 0.116. The number of nitrogens with one attached hydrogen (secondary N) is 1. The van der Waals surface area contributed by atoms with E-state index in [9.17, 15) is 4.79 Å². The number of amides is 2. The number of aromatic nitrogens is 1. The molecule has 0 bridgehead atoms. The Balaban J connectivity index is 2.00. The van der Waals surface area contributed by atoms with Gasteiger partial charge in [-0.3, -0.25) is 4.90 Å². The van der Waals surface area contributed by atoms with Crippen LogP contribution in [0.5, 0.6) is 0 Å². The smallest absolute Gasteiger partial charge is 0.306 e. The number of thioether (sulfide) groups is 1. The molecule has 5 heteroatoms. The maximum Gasteiger partial charge on any atom is 0.326 e. The highest BCUT2D eigenvalue weighted by atomic mass is 32.2. The van der Waals surface area contributed by atoms with E-state index in [4.69, 9.17) is 0 Å². The summed E-state index contributed by atoms with van der Waals surface area (Å²) in [6.07, 6.45) is 1.69. The molecule has 0 saturated heterocycles. The molecule has 1 heterocycles. The SMILES string of the molecule is CN(C(=O)Nc1ccc(SC(C)(C)C)nc1)c1ccccc1. The number of rotatable bonds is 3. The first kappa shape index (κ1) is 16.4. The minimum absolute atomic E-state index is 0.116. The highest BCUT2D eigenvalue weighted by Gasteiger charge is 2.14. The van der Waals surface area contributed by atoms with E-state index in [1.54, 1.807) is 29.9 Å². The summed E-state index contributed by atoms with van der Waals surface area (Å²) in [6, 6.07) is 13.1. The molecule has 0 saturated carbocycles. The lowest BCUT2D eigenvalue weighted by Crippen LogP contribution is -2.31. The van der Waals surface area contributed by atoms with Gasteiger partial charge in [0.05, 0.1) is 16.9 Å². The quantitative estimate of drug-likeness (QED) is 0.839. The van der Waals surface area contributed by atoms with Crippen LogP contribution in [0.25, 0.3) is 0 Å². The molecule has 4 nitrogen and oxygen atoms in total. The van der Waals surface area contributed by atoms with Crippen LogP contribution in [0.3, 0.4) is 0 Å². The number of pyridine rings is 1. The van der Waals surface area contributed by atoms with E-state index in [0.717, 1.165) is 10.7 Å². The monoisotopic (exact) mass is 315 g/mol. The average Bonchev–Trinajstić information content (AvgIpc) is 2.48. The number of hydrogen-bond donors (Lipinski definition) is 1. The second kappa shape index (κ2) is 6.83. The van der Waals surface area contributed by atoms with Gasteiger partial charge in [-0.05, 0) is 24.3 Å². The van der Waals surface area contributed by atoms with Crippen molar-refractivity contribution in [2.75, 3.05) is 17.3 Å². The predicted molar refractivity (Wildman–Crippen MR) is 93.7 cm³/mol. The Labute approximate surface area is 135 Å². The third kappa shape index (κ3) is 4.77. The second-order valence-electron chi connectivity index (χ2n) is 5.92. The van der Waals surface area contributed by atoms with Crippen LogP contribution in [-0.4, -0.2) is 22.8 Å². The zero-order chi connectivity index (χ0) is 16.2. The van der Waals surface area contributed by atoms with E-state index in [1.807, 2.05) is 42.5 Å². The topological polar surface area (TPSA) is 45.2 Å². The van der Waals surface area contributed by atoms with Crippen LogP contribution >= 0.6 is 11.8 Å². The molecule has 0 fully saturated rings. The Morgan fingerprint density at radius 1 is 1.14 bits per heavy atom. The Kier molecular flexibility index (Phi) is 5.08. The van der Waals surface area contributed by atoms with Gasteiger partial charge in [0.25, 0.3) is 0 Å². The fourth-order valence-electron chi connectivity index (χ4n) is 1.80. The van der Waals surface area contributed by atoms with Crippen LogP contribution in [-0.2, 0) is 0 Å². The summed E-state index contributed by atoms with van der Waals surface area (Å²) in [5.41, 5.74) is 1.53. The average molecular weight is 315 g/mol. The maximum atomic E-state index is 12.2. The molecule has 0 aliphatic rings. The first-order valence-corrected chi connectivity index (χ1v) is 7.92. The first-order chi connectivity index (χ1) is 10.3. The van der Waals surface area contributed by atoms with E-state index in [-0.39, 0.29) is 10.8 Å². The first-order valence-electron chi connectivity index (χ1n) is 7.10. The lowest BCUT2D eigenvalue weighted by atomic mass is 10.3. The summed E-state index contributed by atoms with van der Waals surface area (Å²) >= 11 is 1.70. The number of hydrogen-bond acceptors (Lipinski definition) is 3. The molecule has 1 N–H and O–H groups in total. The van der Waals surface area contributed by atoms with Gasteiger partial charge in [0, 0.05) is 17.5 Å². The molecule has 1 aromatic carbocycles. The van der Waals surface area contributed by atoms with Gasteiger partial charge in [0.15, 0.2) is 0 Å². The van der Waals surface area contributed by atoms with Gasteiger partial charge in [-0.15, -0.1) is 11.8 Å². The third-order valence-corrected chi connectivity index (χ3v) is 3.91. The van der Waals surface area contributed by atoms with Crippen molar-refractivity contribution in [3.63, 3.8) is 0 Å². The molecular weight excluding hydrogens is 294 g/mol. The lowest BCUT2D eigenvalue weighted by Gasteiger charge is -2.19. The van der Waals surface area contributed by atoms with Crippen LogP contribution in [0.4, 0.5) is 16.2 Å². The van der Waals surface area contributed by atoms with Crippen LogP contribution in [0, 0.1) is 0 Å². The minimum atomic E-state index is -0.191. The zero-order valence-electron chi connectivity index (χ0n) is 13.3. The Bertz CT molecular complexity index is 621. The van der Waals surface area contributed by atoms with Crippen molar-refractivity contribution >= 4 is 29.2 Å². The van der Waals surface area contributed by atoms with E-state index >= 15 is 0 Å². The standard InChI is InChI=1S/C17H21N3OS/c1-17(2,3)22-15-11-10-13(12-18-15)19-16(21)20(4)14-8-6-5-7-9-14/h5-12H,1-4H3,(H,19,21). The molecule has 0 radical (unpaired) electrons. The maximum absolute atomic E-state index is 12.2. The van der Waals surface area contributed by atoms with Crippen LogP contribution in [0.1, 0.15) is 20.8 Å². The summed E-state index contributed by atoms with van der Waals surface area (Å²) in [5, 5.41) is 3.79. The molecule has 116 valence electrons.